The van der Waals surface area contributed by atoms with E-state index in [0.717, 1.165) is 6.54 Å². The highest BCUT2D eigenvalue weighted by Gasteiger charge is 2.29. The van der Waals surface area contributed by atoms with Crippen LogP contribution in [0.1, 0.15) is 27.7 Å². The summed E-state index contributed by atoms with van der Waals surface area (Å²) in [4.78, 5) is 5.11. The predicted octanol–water partition coefficient (Wildman–Crippen LogP) is 1.26. The van der Waals surface area contributed by atoms with Crippen molar-refractivity contribution in [3.63, 3.8) is 0 Å². The third-order valence-electron chi connectivity index (χ3n) is 3.74. The quantitative estimate of drug-likeness (QED) is 0.780. The summed E-state index contributed by atoms with van der Waals surface area (Å²) in [6.45, 7) is 14.0. The summed E-state index contributed by atoms with van der Waals surface area (Å²) in [5.41, 5.74) is 0.365. The molecular formula is C13H29N3. The molecule has 0 saturated carbocycles. The fraction of sp³-hybridized carbons (Fsp3) is 1.00. The molecule has 3 nitrogen and oxygen atoms in total. The monoisotopic (exact) mass is 227 g/mol. The average Bonchev–Trinajstić information content (AvgIpc) is 2.13. The van der Waals surface area contributed by atoms with Crippen LogP contribution in [0.2, 0.25) is 0 Å². The zero-order chi connectivity index (χ0) is 12.3. The van der Waals surface area contributed by atoms with E-state index >= 15 is 0 Å². The number of piperazine rings is 1. The van der Waals surface area contributed by atoms with Crippen molar-refractivity contribution in [2.45, 2.75) is 39.8 Å². The molecule has 3 heteroatoms. The van der Waals surface area contributed by atoms with Crippen molar-refractivity contribution in [2.75, 3.05) is 40.3 Å². The van der Waals surface area contributed by atoms with Gasteiger partial charge in [0, 0.05) is 38.3 Å². The molecule has 0 aromatic heterocycles. The molecule has 0 bridgehead atoms. The van der Waals surface area contributed by atoms with E-state index in [1.54, 1.807) is 0 Å². The summed E-state index contributed by atoms with van der Waals surface area (Å²) in [6, 6.07) is 1.35. The van der Waals surface area contributed by atoms with Gasteiger partial charge in [-0.2, -0.15) is 0 Å². The third-order valence-corrected chi connectivity index (χ3v) is 3.74. The minimum Gasteiger partial charge on any atom is -0.319 e. The van der Waals surface area contributed by atoms with Crippen molar-refractivity contribution in [1.82, 2.24) is 15.1 Å². The van der Waals surface area contributed by atoms with E-state index in [9.17, 15) is 0 Å². The van der Waals surface area contributed by atoms with Crippen LogP contribution in [0, 0.1) is 5.41 Å². The Kier molecular flexibility index (Phi) is 4.77. The van der Waals surface area contributed by atoms with E-state index in [0.29, 0.717) is 17.5 Å². The minimum atomic E-state index is 0.365. The molecule has 0 aromatic rings. The summed E-state index contributed by atoms with van der Waals surface area (Å²) < 4.78 is 0. The standard InChI is InChI=1S/C13H29N3/c1-11-7-16(8-12(2)15(11)6)10-13(3,4)9-14-5/h11-12,14H,7-10H2,1-6H3. The number of hydrogen-bond donors (Lipinski definition) is 1. The first-order valence-corrected chi connectivity index (χ1v) is 6.44. The molecule has 2 unspecified atom stereocenters. The van der Waals surface area contributed by atoms with Crippen molar-refractivity contribution in [1.29, 1.82) is 0 Å². The highest BCUT2D eigenvalue weighted by molar-refractivity contribution is 4.86. The molecule has 0 spiro atoms. The lowest BCUT2D eigenvalue weighted by Crippen LogP contribution is -2.57. The van der Waals surface area contributed by atoms with Crippen molar-refractivity contribution in [3.05, 3.63) is 0 Å². The van der Waals surface area contributed by atoms with Gasteiger partial charge in [0.2, 0.25) is 0 Å². The van der Waals surface area contributed by atoms with Gasteiger partial charge >= 0.3 is 0 Å². The largest absolute Gasteiger partial charge is 0.319 e. The summed E-state index contributed by atoms with van der Waals surface area (Å²) in [5.74, 6) is 0. The average molecular weight is 227 g/mol. The van der Waals surface area contributed by atoms with Crippen molar-refractivity contribution >= 4 is 0 Å². The molecule has 16 heavy (non-hydrogen) atoms. The van der Waals surface area contributed by atoms with Crippen LogP contribution in [0.5, 0.6) is 0 Å². The third kappa shape index (κ3) is 3.72. The lowest BCUT2D eigenvalue weighted by molar-refractivity contribution is 0.0386. The summed E-state index contributed by atoms with van der Waals surface area (Å²) >= 11 is 0. The van der Waals surface area contributed by atoms with E-state index in [1.807, 2.05) is 7.05 Å². The van der Waals surface area contributed by atoms with Gasteiger partial charge in [0.25, 0.3) is 0 Å². The van der Waals surface area contributed by atoms with E-state index in [4.69, 9.17) is 0 Å². The summed E-state index contributed by atoms with van der Waals surface area (Å²) in [6.07, 6.45) is 0. The smallest absolute Gasteiger partial charge is 0.0195 e. The van der Waals surface area contributed by atoms with Crippen molar-refractivity contribution in [3.8, 4) is 0 Å². The second-order valence-electron chi connectivity index (χ2n) is 6.25. The number of hydrogen-bond acceptors (Lipinski definition) is 3. The van der Waals surface area contributed by atoms with Gasteiger partial charge in [-0.25, -0.2) is 0 Å². The second kappa shape index (κ2) is 5.48. The van der Waals surface area contributed by atoms with Crippen LogP contribution in [-0.4, -0.2) is 62.2 Å². The Bertz CT molecular complexity index is 203. The molecule has 1 rings (SSSR count). The Labute approximate surface area is 101 Å². The van der Waals surface area contributed by atoms with Crippen LogP contribution in [-0.2, 0) is 0 Å². The molecule has 96 valence electrons. The van der Waals surface area contributed by atoms with Gasteiger partial charge in [-0.15, -0.1) is 0 Å². The SMILES string of the molecule is CNCC(C)(C)CN1CC(C)N(C)C(C)C1. The van der Waals surface area contributed by atoms with Gasteiger partial charge in [0.1, 0.15) is 0 Å². The molecule has 0 amide bonds. The first kappa shape index (κ1) is 13.9. The molecule has 0 aromatic carbocycles. The molecule has 1 N–H and O–H groups in total. The van der Waals surface area contributed by atoms with Crippen LogP contribution in [0.3, 0.4) is 0 Å². The Morgan fingerprint density at radius 3 is 2.12 bits per heavy atom. The highest BCUT2D eigenvalue weighted by Crippen LogP contribution is 2.20. The van der Waals surface area contributed by atoms with Gasteiger partial charge in [-0.05, 0) is 33.4 Å². The van der Waals surface area contributed by atoms with Crippen LogP contribution in [0.4, 0.5) is 0 Å². The predicted molar refractivity (Wildman–Crippen MR) is 70.8 cm³/mol. The molecular weight excluding hydrogens is 198 g/mol. The zero-order valence-corrected chi connectivity index (χ0v) is 11.9. The molecule has 1 aliphatic rings. The number of likely N-dealkylation sites (N-methyl/N-ethyl adjacent to an activating group) is 1. The van der Waals surface area contributed by atoms with Gasteiger partial charge in [0.05, 0.1) is 0 Å². The van der Waals surface area contributed by atoms with E-state index in [-0.39, 0.29) is 0 Å². The normalized spacial score (nSPS) is 29.6. The second-order valence-corrected chi connectivity index (χ2v) is 6.25. The van der Waals surface area contributed by atoms with Gasteiger partial charge in [0.15, 0.2) is 0 Å². The number of rotatable bonds is 4. The van der Waals surface area contributed by atoms with Gasteiger partial charge in [-0.1, -0.05) is 13.8 Å². The Morgan fingerprint density at radius 2 is 1.69 bits per heavy atom. The minimum absolute atomic E-state index is 0.365. The summed E-state index contributed by atoms with van der Waals surface area (Å²) in [5, 5.41) is 3.29. The maximum Gasteiger partial charge on any atom is 0.0195 e. The maximum atomic E-state index is 3.29. The topological polar surface area (TPSA) is 18.5 Å². The Morgan fingerprint density at radius 1 is 1.19 bits per heavy atom. The fourth-order valence-corrected chi connectivity index (χ4v) is 2.78. The van der Waals surface area contributed by atoms with Crippen molar-refractivity contribution < 1.29 is 0 Å². The number of nitrogens with one attached hydrogen (secondary N) is 1. The van der Waals surface area contributed by atoms with Crippen molar-refractivity contribution in [2.24, 2.45) is 5.41 Å². The maximum absolute atomic E-state index is 3.29. The van der Waals surface area contributed by atoms with E-state index < -0.39 is 0 Å². The van der Waals surface area contributed by atoms with Gasteiger partial charge in [-0.3, -0.25) is 9.80 Å². The van der Waals surface area contributed by atoms with E-state index in [1.165, 1.54) is 19.6 Å². The zero-order valence-electron chi connectivity index (χ0n) is 11.9. The molecule has 0 aliphatic carbocycles. The number of nitrogens with zero attached hydrogens (tertiary/aromatic N) is 2. The Hall–Kier alpha value is -0.120. The fourth-order valence-electron chi connectivity index (χ4n) is 2.78. The van der Waals surface area contributed by atoms with Crippen LogP contribution >= 0.6 is 0 Å². The molecule has 1 aliphatic heterocycles. The molecule has 1 saturated heterocycles. The lowest BCUT2D eigenvalue weighted by atomic mass is 9.91. The van der Waals surface area contributed by atoms with Crippen LogP contribution in [0.25, 0.3) is 0 Å². The molecule has 2 atom stereocenters. The van der Waals surface area contributed by atoms with Crippen LogP contribution in [0.15, 0.2) is 0 Å². The summed E-state index contributed by atoms with van der Waals surface area (Å²) in [7, 11) is 4.28. The lowest BCUT2D eigenvalue weighted by Gasteiger charge is -2.45. The van der Waals surface area contributed by atoms with E-state index in [2.05, 4.69) is 49.9 Å². The molecule has 1 fully saturated rings. The first-order valence-electron chi connectivity index (χ1n) is 6.44. The van der Waals surface area contributed by atoms with Gasteiger partial charge < -0.3 is 5.32 Å². The van der Waals surface area contributed by atoms with Crippen LogP contribution < -0.4 is 5.32 Å². The highest BCUT2D eigenvalue weighted by atomic mass is 15.3. The Balaban J connectivity index is 2.50. The first-order chi connectivity index (χ1) is 7.35. The molecule has 1 heterocycles. The molecule has 0 radical (unpaired) electrons.